The van der Waals surface area contributed by atoms with Crippen LogP contribution < -0.4 is 11.2 Å². The number of nitrogens with zero attached hydrogens (tertiary/aromatic N) is 2. The van der Waals surface area contributed by atoms with Crippen LogP contribution in [0.3, 0.4) is 0 Å². The van der Waals surface area contributed by atoms with Gasteiger partial charge in [-0.15, -0.1) is 0 Å². The van der Waals surface area contributed by atoms with Gasteiger partial charge in [-0.2, -0.15) is 5.10 Å². The largest absolute Gasteiger partial charge is 0.475 e. The van der Waals surface area contributed by atoms with Crippen LogP contribution in [-0.4, -0.2) is 25.8 Å². The molecule has 3 aromatic heterocycles. The van der Waals surface area contributed by atoms with Gasteiger partial charge in [-0.1, -0.05) is 0 Å². The molecule has 23 heavy (non-hydrogen) atoms. The predicted octanol–water partition coefficient (Wildman–Crippen LogP) is 0.455. The van der Waals surface area contributed by atoms with Crippen LogP contribution in [0.25, 0.3) is 0 Å². The highest BCUT2D eigenvalue weighted by Gasteiger charge is 2.13. The summed E-state index contributed by atoms with van der Waals surface area (Å²) in [6.07, 6.45) is 1.59. The van der Waals surface area contributed by atoms with Crippen molar-refractivity contribution in [2.24, 2.45) is 0 Å². The Labute approximate surface area is 127 Å². The summed E-state index contributed by atoms with van der Waals surface area (Å²) in [4.78, 5) is 36.5. The van der Waals surface area contributed by atoms with Gasteiger partial charge in [0, 0.05) is 0 Å². The number of aromatic amines is 1. The summed E-state index contributed by atoms with van der Waals surface area (Å²) in [5, 5.41) is 12.8. The maximum Gasteiger partial charge on any atom is 0.371 e. The molecular weight excluding hydrogens is 306 g/mol. The minimum Gasteiger partial charge on any atom is -0.475 e. The summed E-state index contributed by atoms with van der Waals surface area (Å²) in [6, 6.07) is 6.06. The minimum atomic E-state index is -1.21. The highest BCUT2D eigenvalue weighted by atomic mass is 16.4. The molecule has 0 aliphatic heterocycles. The molecule has 3 aromatic rings. The average Bonchev–Trinajstić information content (AvgIpc) is 3.15. The topological polar surface area (TPSA) is 131 Å². The number of H-pyrrole nitrogens is 1. The molecule has 3 rings (SSSR count). The molecule has 0 bridgehead atoms. The zero-order chi connectivity index (χ0) is 16.4. The number of carbonyl (C=O) groups is 1. The summed E-state index contributed by atoms with van der Waals surface area (Å²) < 4.78 is 11.2. The molecular formula is C14H11N3O6. The number of furan rings is 2. The van der Waals surface area contributed by atoms with Crippen molar-refractivity contribution in [1.29, 1.82) is 0 Å². The van der Waals surface area contributed by atoms with Crippen molar-refractivity contribution < 1.29 is 18.7 Å². The second-order valence-electron chi connectivity index (χ2n) is 4.69. The van der Waals surface area contributed by atoms with Gasteiger partial charge in [-0.05, 0) is 24.3 Å². The molecule has 0 amide bonds. The smallest absolute Gasteiger partial charge is 0.371 e. The first kappa shape index (κ1) is 14.6. The van der Waals surface area contributed by atoms with Gasteiger partial charge in [0.1, 0.15) is 23.8 Å². The zero-order valence-corrected chi connectivity index (χ0v) is 11.7. The molecule has 0 aliphatic carbocycles. The van der Waals surface area contributed by atoms with Gasteiger partial charge in [-0.25, -0.2) is 14.3 Å². The van der Waals surface area contributed by atoms with E-state index in [9.17, 15) is 14.4 Å². The Bertz CT molecular complexity index is 948. The van der Waals surface area contributed by atoms with Gasteiger partial charge in [0.15, 0.2) is 0 Å². The lowest BCUT2D eigenvalue weighted by Crippen LogP contribution is -2.35. The number of carboxylic acids is 1. The van der Waals surface area contributed by atoms with Crippen LogP contribution in [0, 0.1) is 0 Å². The van der Waals surface area contributed by atoms with Gasteiger partial charge < -0.3 is 13.9 Å². The van der Waals surface area contributed by atoms with E-state index in [2.05, 4.69) is 10.1 Å². The van der Waals surface area contributed by atoms with E-state index in [4.69, 9.17) is 13.9 Å². The average molecular weight is 317 g/mol. The van der Waals surface area contributed by atoms with Gasteiger partial charge in [0.25, 0.3) is 5.56 Å². The fourth-order valence-corrected chi connectivity index (χ4v) is 2.00. The lowest BCUT2D eigenvalue weighted by Gasteiger charge is -2.04. The summed E-state index contributed by atoms with van der Waals surface area (Å²) in [7, 11) is 0. The van der Waals surface area contributed by atoms with Crippen LogP contribution in [0.15, 0.2) is 49.0 Å². The van der Waals surface area contributed by atoms with E-state index < -0.39 is 17.2 Å². The highest BCUT2D eigenvalue weighted by molar-refractivity contribution is 5.84. The first-order valence-electron chi connectivity index (χ1n) is 6.57. The van der Waals surface area contributed by atoms with Gasteiger partial charge in [0.05, 0.1) is 12.7 Å². The van der Waals surface area contributed by atoms with Gasteiger partial charge >= 0.3 is 11.7 Å². The number of aromatic nitrogens is 3. The number of rotatable bonds is 5. The van der Waals surface area contributed by atoms with E-state index >= 15 is 0 Å². The predicted molar refractivity (Wildman–Crippen MR) is 75.4 cm³/mol. The maximum absolute atomic E-state index is 11.8. The quantitative estimate of drug-likeness (QED) is 0.698. The molecule has 0 radical (unpaired) electrons. The summed E-state index contributed by atoms with van der Waals surface area (Å²) >= 11 is 0. The second kappa shape index (κ2) is 5.79. The third kappa shape index (κ3) is 3.12. The molecule has 2 N–H and O–H groups in total. The van der Waals surface area contributed by atoms with Crippen molar-refractivity contribution in [2.45, 2.75) is 13.0 Å². The Morgan fingerprint density at radius 1 is 1.26 bits per heavy atom. The van der Waals surface area contributed by atoms with Crippen LogP contribution in [0.4, 0.5) is 0 Å². The molecule has 0 saturated heterocycles. The fraction of sp³-hybridized carbons (Fsp3) is 0.143. The Morgan fingerprint density at radius 3 is 2.74 bits per heavy atom. The van der Waals surface area contributed by atoms with Gasteiger partial charge in [0.2, 0.25) is 5.76 Å². The first-order valence-corrected chi connectivity index (χ1v) is 6.57. The van der Waals surface area contributed by atoms with E-state index in [1.807, 2.05) is 0 Å². The Hall–Kier alpha value is -3.36. The lowest BCUT2D eigenvalue weighted by molar-refractivity contribution is 0.0660. The second-order valence-corrected chi connectivity index (χ2v) is 4.69. The Balaban J connectivity index is 1.90. The molecule has 0 unspecified atom stereocenters. The van der Waals surface area contributed by atoms with Crippen LogP contribution >= 0.6 is 0 Å². The van der Waals surface area contributed by atoms with Crippen molar-refractivity contribution in [3.8, 4) is 0 Å². The summed E-state index contributed by atoms with van der Waals surface area (Å²) in [5.41, 5.74) is -1.22. The molecule has 9 heteroatoms. The normalized spacial score (nSPS) is 10.8. The van der Waals surface area contributed by atoms with Crippen LogP contribution in [0.1, 0.15) is 27.8 Å². The molecule has 0 spiro atoms. The summed E-state index contributed by atoms with van der Waals surface area (Å²) in [5.74, 6) is -0.697. The van der Waals surface area contributed by atoms with Crippen molar-refractivity contribution in [3.63, 3.8) is 0 Å². The molecule has 0 fully saturated rings. The van der Waals surface area contributed by atoms with Crippen LogP contribution in [0.5, 0.6) is 0 Å². The van der Waals surface area contributed by atoms with Crippen molar-refractivity contribution >= 4 is 5.97 Å². The number of nitrogens with one attached hydrogen (secondary N) is 1. The number of aromatic carboxylic acids is 1. The molecule has 0 aromatic carbocycles. The van der Waals surface area contributed by atoms with E-state index in [1.54, 1.807) is 12.1 Å². The van der Waals surface area contributed by atoms with E-state index in [1.165, 1.54) is 18.4 Å². The monoisotopic (exact) mass is 317 g/mol. The molecule has 118 valence electrons. The van der Waals surface area contributed by atoms with E-state index in [-0.39, 0.29) is 30.2 Å². The third-order valence-electron chi connectivity index (χ3n) is 3.06. The van der Waals surface area contributed by atoms with Crippen molar-refractivity contribution in [3.05, 3.63) is 74.3 Å². The highest BCUT2D eigenvalue weighted by Crippen LogP contribution is 2.09. The van der Waals surface area contributed by atoms with E-state index in [0.29, 0.717) is 5.76 Å². The van der Waals surface area contributed by atoms with E-state index in [0.717, 1.165) is 4.68 Å². The van der Waals surface area contributed by atoms with Crippen LogP contribution in [0.2, 0.25) is 0 Å². The van der Waals surface area contributed by atoms with Crippen LogP contribution in [-0.2, 0) is 13.0 Å². The zero-order valence-electron chi connectivity index (χ0n) is 11.7. The molecule has 0 atom stereocenters. The molecule has 3 heterocycles. The van der Waals surface area contributed by atoms with Crippen molar-refractivity contribution in [2.75, 3.05) is 0 Å². The molecule has 0 saturated carbocycles. The number of hydrogen-bond donors (Lipinski definition) is 2. The SMILES string of the molecule is O=C(O)c1ccc(Cn2nc(Cc3ccco3)c(=O)[nH]c2=O)o1. The Morgan fingerprint density at radius 2 is 2.09 bits per heavy atom. The standard InChI is InChI=1S/C14H11N3O6/c18-12-10(6-8-2-1-5-22-8)16-17(14(21)15-12)7-9-3-4-11(23-9)13(19)20/h1-5H,6-7H2,(H,19,20)(H,15,18,21). The third-order valence-corrected chi connectivity index (χ3v) is 3.06. The lowest BCUT2D eigenvalue weighted by atomic mass is 10.2. The molecule has 0 aliphatic rings. The maximum atomic E-state index is 11.8. The first-order chi connectivity index (χ1) is 11.0. The number of hydrogen-bond acceptors (Lipinski definition) is 6. The molecule has 9 nitrogen and oxygen atoms in total. The Kier molecular flexibility index (Phi) is 3.67. The fourth-order valence-electron chi connectivity index (χ4n) is 2.00. The summed E-state index contributed by atoms with van der Waals surface area (Å²) in [6.45, 7) is -0.103. The van der Waals surface area contributed by atoms with Gasteiger partial charge in [-0.3, -0.25) is 9.78 Å². The minimum absolute atomic E-state index is 0.101. The number of carboxylic acid groups (broad SMARTS) is 1. The van der Waals surface area contributed by atoms with Crippen molar-refractivity contribution in [1.82, 2.24) is 14.8 Å².